The van der Waals surface area contributed by atoms with Crippen molar-refractivity contribution in [3.8, 4) is 11.1 Å². The lowest BCUT2D eigenvalue weighted by Gasteiger charge is -2.31. The summed E-state index contributed by atoms with van der Waals surface area (Å²) in [7, 11) is 1.91. The molecule has 0 amide bonds. The van der Waals surface area contributed by atoms with Crippen molar-refractivity contribution >= 4 is 16.7 Å². The van der Waals surface area contributed by atoms with Crippen molar-refractivity contribution in [1.82, 2.24) is 24.6 Å². The van der Waals surface area contributed by atoms with Gasteiger partial charge in [0.15, 0.2) is 0 Å². The number of nitrogens with zero attached hydrogens (tertiary/aromatic N) is 5. The Bertz CT molecular complexity index is 988. The molecule has 1 aliphatic heterocycles. The number of aryl methyl sites for hydroxylation is 1. The molecule has 152 valence electrons. The number of benzene rings is 1. The number of hydrogen-bond donors (Lipinski definition) is 0. The van der Waals surface area contributed by atoms with Gasteiger partial charge in [-0.05, 0) is 50.5 Å². The second-order valence-corrected chi connectivity index (χ2v) is 8.08. The number of hydrogen-bond acceptors (Lipinski definition) is 5. The molecule has 0 atom stereocenters. The summed E-state index contributed by atoms with van der Waals surface area (Å²) in [5.74, 6) is 1.05. The Morgan fingerprint density at radius 3 is 2.72 bits per heavy atom. The van der Waals surface area contributed by atoms with Crippen LogP contribution in [0.1, 0.15) is 38.4 Å². The van der Waals surface area contributed by atoms with E-state index in [1.807, 2.05) is 37.8 Å². The van der Waals surface area contributed by atoms with Crippen molar-refractivity contribution in [1.29, 1.82) is 0 Å². The Hall–Kier alpha value is -2.60. The second kappa shape index (κ2) is 8.82. The summed E-state index contributed by atoms with van der Waals surface area (Å²) in [5, 5.41) is 5.22. The molecule has 6 heteroatoms. The zero-order chi connectivity index (χ0) is 20.2. The third kappa shape index (κ3) is 4.70. The molecule has 4 rings (SSSR count). The molecule has 3 aromatic rings. The summed E-state index contributed by atoms with van der Waals surface area (Å²) in [6, 6.07) is 6.13. The number of likely N-dealkylation sites (tertiary alicyclic amines) is 1. The van der Waals surface area contributed by atoms with Crippen LogP contribution in [0.25, 0.3) is 22.0 Å². The Kier molecular flexibility index (Phi) is 6.00. The Morgan fingerprint density at radius 2 is 2.00 bits per heavy atom. The highest BCUT2D eigenvalue weighted by Crippen LogP contribution is 2.24. The highest BCUT2D eigenvalue weighted by molar-refractivity contribution is 5.85. The summed E-state index contributed by atoms with van der Waals surface area (Å²) in [6.07, 6.45) is 10.4. The normalized spacial score (nSPS) is 15.8. The standard InChI is InChI=1S/C23H29N5O/c1-3-4-9-28-10-7-17(8-11-28)22(29)13-23-24-14-19-6-5-18(12-21(19)26-23)20-15-25-27(2)16-20/h5-6,12,14-17H,3-4,7-11,13H2,1-2H3. The lowest BCUT2D eigenvalue weighted by Crippen LogP contribution is -2.37. The maximum absolute atomic E-state index is 12.8. The molecule has 1 fully saturated rings. The van der Waals surface area contributed by atoms with E-state index in [1.165, 1.54) is 12.8 Å². The minimum atomic E-state index is 0.147. The number of carbonyl (C=O) groups excluding carboxylic acids is 1. The van der Waals surface area contributed by atoms with Crippen molar-refractivity contribution in [3.05, 3.63) is 42.6 Å². The minimum absolute atomic E-state index is 0.147. The van der Waals surface area contributed by atoms with Gasteiger partial charge in [-0.2, -0.15) is 5.10 Å². The molecule has 0 N–H and O–H groups in total. The van der Waals surface area contributed by atoms with Crippen LogP contribution < -0.4 is 0 Å². The van der Waals surface area contributed by atoms with Gasteiger partial charge in [-0.1, -0.05) is 25.5 Å². The predicted octanol–water partition coefficient (Wildman–Crippen LogP) is 3.65. The number of fused-ring (bicyclic) bond motifs is 1. The average Bonchev–Trinajstić information content (AvgIpc) is 3.18. The van der Waals surface area contributed by atoms with Gasteiger partial charge in [0.25, 0.3) is 0 Å². The van der Waals surface area contributed by atoms with E-state index in [0.717, 1.165) is 54.5 Å². The van der Waals surface area contributed by atoms with Crippen LogP contribution in [0, 0.1) is 5.92 Å². The van der Waals surface area contributed by atoms with Crippen molar-refractivity contribution in [2.45, 2.75) is 39.0 Å². The van der Waals surface area contributed by atoms with Gasteiger partial charge >= 0.3 is 0 Å². The molecule has 0 saturated carbocycles. The maximum atomic E-state index is 12.8. The molecule has 0 radical (unpaired) electrons. The third-order valence-corrected chi connectivity index (χ3v) is 5.87. The topological polar surface area (TPSA) is 63.9 Å². The summed E-state index contributed by atoms with van der Waals surface area (Å²) in [5.41, 5.74) is 3.00. The predicted molar refractivity (Wildman–Crippen MR) is 115 cm³/mol. The van der Waals surface area contributed by atoms with E-state index in [9.17, 15) is 4.79 Å². The fourth-order valence-corrected chi connectivity index (χ4v) is 4.06. The van der Waals surface area contributed by atoms with E-state index in [1.54, 1.807) is 4.68 Å². The molecule has 29 heavy (non-hydrogen) atoms. The van der Waals surface area contributed by atoms with Crippen LogP contribution in [-0.2, 0) is 18.3 Å². The smallest absolute Gasteiger partial charge is 0.143 e. The lowest BCUT2D eigenvalue weighted by atomic mass is 9.90. The van der Waals surface area contributed by atoms with Crippen LogP contribution in [0.4, 0.5) is 0 Å². The van der Waals surface area contributed by atoms with Crippen molar-refractivity contribution < 1.29 is 4.79 Å². The molecule has 0 spiro atoms. The molecule has 0 unspecified atom stereocenters. The van der Waals surface area contributed by atoms with Gasteiger partial charge in [0, 0.05) is 36.3 Å². The summed E-state index contributed by atoms with van der Waals surface area (Å²) in [4.78, 5) is 24.4. The Balaban J connectivity index is 1.43. The van der Waals surface area contributed by atoms with Crippen molar-refractivity contribution in [2.75, 3.05) is 19.6 Å². The SMILES string of the molecule is CCCCN1CCC(C(=O)Cc2ncc3ccc(-c4cnn(C)c4)cc3n2)CC1. The molecule has 0 bridgehead atoms. The first kappa shape index (κ1) is 19.7. The lowest BCUT2D eigenvalue weighted by molar-refractivity contribution is -0.123. The highest BCUT2D eigenvalue weighted by atomic mass is 16.1. The number of rotatable bonds is 7. The molecular weight excluding hydrogens is 362 g/mol. The molecule has 1 aliphatic rings. The van der Waals surface area contributed by atoms with Crippen molar-refractivity contribution in [2.24, 2.45) is 13.0 Å². The zero-order valence-electron chi connectivity index (χ0n) is 17.3. The molecule has 1 saturated heterocycles. The van der Waals surface area contributed by atoms with E-state index < -0.39 is 0 Å². The van der Waals surface area contributed by atoms with Gasteiger partial charge < -0.3 is 4.90 Å². The van der Waals surface area contributed by atoms with Gasteiger partial charge in [0.05, 0.1) is 18.1 Å². The van der Waals surface area contributed by atoms with E-state index in [-0.39, 0.29) is 11.7 Å². The van der Waals surface area contributed by atoms with E-state index in [4.69, 9.17) is 0 Å². The second-order valence-electron chi connectivity index (χ2n) is 8.08. The van der Waals surface area contributed by atoms with Gasteiger partial charge in [-0.3, -0.25) is 9.48 Å². The summed E-state index contributed by atoms with van der Waals surface area (Å²) in [6.45, 7) is 5.44. The van der Waals surface area contributed by atoms with Gasteiger partial charge in [0.1, 0.15) is 11.6 Å². The fourth-order valence-electron chi connectivity index (χ4n) is 4.06. The number of aromatic nitrogens is 4. The van der Waals surface area contributed by atoms with Crippen LogP contribution >= 0.6 is 0 Å². The van der Waals surface area contributed by atoms with Crippen molar-refractivity contribution in [3.63, 3.8) is 0 Å². The quantitative estimate of drug-likeness (QED) is 0.615. The number of piperidine rings is 1. The van der Waals surface area contributed by atoms with Crippen LogP contribution in [0.3, 0.4) is 0 Å². The largest absolute Gasteiger partial charge is 0.303 e. The Morgan fingerprint density at radius 1 is 1.17 bits per heavy atom. The van der Waals surface area contributed by atoms with Crippen LogP contribution in [0.2, 0.25) is 0 Å². The number of ketones is 1. The molecule has 2 aromatic heterocycles. The molecular formula is C23H29N5O. The van der Waals surface area contributed by atoms with Crippen LogP contribution in [0.15, 0.2) is 36.8 Å². The summed E-state index contributed by atoms with van der Waals surface area (Å²) >= 11 is 0. The van der Waals surface area contributed by atoms with Gasteiger partial charge in [-0.15, -0.1) is 0 Å². The fraction of sp³-hybridized carbons (Fsp3) is 0.478. The maximum Gasteiger partial charge on any atom is 0.143 e. The molecule has 1 aromatic carbocycles. The van der Waals surface area contributed by atoms with Crippen LogP contribution in [0.5, 0.6) is 0 Å². The molecule has 6 nitrogen and oxygen atoms in total. The van der Waals surface area contributed by atoms with E-state index in [2.05, 4.69) is 33.0 Å². The van der Waals surface area contributed by atoms with E-state index in [0.29, 0.717) is 12.2 Å². The minimum Gasteiger partial charge on any atom is -0.303 e. The monoisotopic (exact) mass is 391 g/mol. The average molecular weight is 392 g/mol. The number of Topliss-reactive ketones (excluding diaryl/α,β-unsaturated/α-hetero) is 1. The van der Waals surface area contributed by atoms with Gasteiger partial charge in [0.2, 0.25) is 0 Å². The Labute approximate surface area is 172 Å². The number of carbonyl (C=O) groups is 1. The van der Waals surface area contributed by atoms with Crippen LogP contribution in [-0.4, -0.2) is 50.1 Å². The summed E-state index contributed by atoms with van der Waals surface area (Å²) < 4.78 is 1.79. The first-order valence-corrected chi connectivity index (χ1v) is 10.6. The molecule has 3 heterocycles. The third-order valence-electron chi connectivity index (χ3n) is 5.87. The first-order valence-electron chi connectivity index (χ1n) is 10.6. The highest BCUT2D eigenvalue weighted by Gasteiger charge is 2.25. The van der Waals surface area contributed by atoms with Gasteiger partial charge in [-0.25, -0.2) is 9.97 Å². The first-order chi connectivity index (χ1) is 14.1. The number of unbranched alkanes of at least 4 members (excludes halogenated alkanes) is 1. The zero-order valence-corrected chi connectivity index (χ0v) is 17.3. The molecule has 0 aliphatic carbocycles. The van der Waals surface area contributed by atoms with E-state index >= 15 is 0 Å².